The number of amides is 1. The van der Waals surface area contributed by atoms with Gasteiger partial charge in [0.15, 0.2) is 5.82 Å². The lowest BCUT2D eigenvalue weighted by Crippen LogP contribution is -2.40. The van der Waals surface area contributed by atoms with Gasteiger partial charge in [0, 0.05) is 24.7 Å². The number of piperidine rings is 1. The molecule has 1 aliphatic rings. The summed E-state index contributed by atoms with van der Waals surface area (Å²) in [4.78, 5) is 27.5. The molecule has 1 amide bonds. The number of carbonyl (C=O) groups is 1. The van der Waals surface area contributed by atoms with Gasteiger partial charge < -0.3 is 10.6 Å². The Bertz CT molecular complexity index is 755. The highest BCUT2D eigenvalue weighted by molar-refractivity contribution is 5.92. The molecule has 2 aromatic heterocycles. The van der Waals surface area contributed by atoms with Crippen LogP contribution in [0.15, 0.2) is 6.07 Å². The van der Waals surface area contributed by atoms with Crippen molar-refractivity contribution in [1.29, 1.82) is 0 Å². The fraction of sp³-hybridized carbons (Fsp3) is 0.588. The first-order chi connectivity index (χ1) is 11.9. The average Bonchev–Trinajstić information content (AvgIpc) is 2.99. The molecule has 3 N–H and O–H groups in total. The fourth-order valence-electron chi connectivity index (χ4n) is 3.23. The molecule has 3 heterocycles. The van der Waals surface area contributed by atoms with Gasteiger partial charge in [0.25, 0.3) is 5.91 Å². The number of nitrogens with zero attached hydrogens (tertiary/aromatic N) is 5. The van der Waals surface area contributed by atoms with Gasteiger partial charge in [-0.25, -0.2) is 15.0 Å². The zero-order valence-corrected chi connectivity index (χ0v) is 15.0. The molecule has 0 saturated carbocycles. The Hall–Kier alpha value is -2.51. The Morgan fingerprint density at radius 1 is 1.40 bits per heavy atom. The number of nitrogens with two attached hydrogens (primary N) is 1. The van der Waals surface area contributed by atoms with Gasteiger partial charge in [0.2, 0.25) is 5.95 Å². The zero-order valence-electron chi connectivity index (χ0n) is 15.0. The summed E-state index contributed by atoms with van der Waals surface area (Å²) < 4.78 is 0. The molecule has 0 radical (unpaired) electrons. The molecule has 0 spiro atoms. The number of carbonyl (C=O) groups excluding carboxylic acids is 1. The Balaban J connectivity index is 1.77. The van der Waals surface area contributed by atoms with Crippen molar-refractivity contribution in [1.82, 2.24) is 30.0 Å². The lowest BCUT2D eigenvalue weighted by atomic mass is 9.97. The quantitative estimate of drug-likeness (QED) is 0.873. The monoisotopic (exact) mass is 343 g/mol. The van der Waals surface area contributed by atoms with E-state index in [0.717, 1.165) is 36.6 Å². The smallest absolute Gasteiger partial charge is 0.272 e. The van der Waals surface area contributed by atoms with Gasteiger partial charge in [-0.2, -0.15) is 5.10 Å². The number of nitrogen functional groups attached to an aromatic ring is 1. The van der Waals surface area contributed by atoms with E-state index < -0.39 is 0 Å². The van der Waals surface area contributed by atoms with Crippen LogP contribution in [0.3, 0.4) is 0 Å². The van der Waals surface area contributed by atoms with Crippen molar-refractivity contribution in [3.05, 3.63) is 29.1 Å². The third kappa shape index (κ3) is 4.12. The minimum atomic E-state index is -0.101. The van der Waals surface area contributed by atoms with Crippen molar-refractivity contribution in [3.8, 4) is 0 Å². The Kier molecular flexibility index (Phi) is 4.96. The molecule has 8 nitrogen and oxygen atoms in total. The highest BCUT2D eigenvalue weighted by atomic mass is 16.2. The number of hydrogen-bond acceptors (Lipinski definition) is 6. The molecular weight excluding hydrogens is 318 g/mol. The number of hydrogen-bond donors (Lipinski definition) is 2. The minimum Gasteiger partial charge on any atom is -0.368 e. The maximum atomic E-state index is 12.9. The van der Waals surface area contributed by atoms with Crippen LogP contribution in [-0.2, 0) is 6.42 Å². The first kappa shape index (κ1) is 17.3. The van der Waals surface area contributed by atoms with E-state index in [2.05, 4.69) is 39.0 Å². The van der Waals surface area contributed by atoms with E-state index in [0.29, 0.717) is 24.7 Å². The molecule has 0 unspecified atom stereocenters. The van der Waals surface area contributed by atoms with Crippen molar-refractivity contribution < 1.29 is 4.79 Å². The Morgan fingerprint density at radius 2 is 2.20 bits per heavy atom. The second-order valence-electron chi connectivity index (χ2n) is 7.07. The van der Waals surface area contributed by atoms with Gasteiger partial charge in [-0.15, -0.1) is 0 Å². The number of anilines is 1. The van der Waals surface area contributed by atoms with Crippen LogP contribution in [0, 0.1) is 12.8 Å². The molecule has 1 saturated heterocycles. The number of nitrogens with one attached hydrogen (secondary N) is 1. The Morgan fingerprint density at radius 3 is 2.88 bits per heavy atom. The topological polar surface area (TPSA) is 114 Å². The molecule has 1 atom stereocenters. The van der Waals surface area contributed by atoms with Crippen molar-refractivity contribution in [3.63, 3.8) is 0 Å². The van der Waals surface area contributed by atoms with Gasteiger partial charge in [-0.1, -0.05) is 13.8 Å². The average molecular weight is 343 g/mol. The number of rotatable bonds is 4. The van der Waals surface area contributed by atoms with Gasteiger partial charge in [0.05, 0.1) is 0 Å². The Labute approximate surface area is 147 Å². The van der Waals surface area contributed by atoms with Crippen LogP contribution in [0.1, 0.15) is 60.4 Å². The van der Waals surface area contributed by atoms with Gasteiger partial charge in [0.1, 0.15) is 11.5 Å². The van der Waals surface area contributed by atoms with E-state index in [9.17, 15) is 4.79 Å². The van der Waals surface area contributed by atoms with Gasteiger partial charge >= 0.3 is 0 Å². The second kappa shape index (κ2) is 7.16. The zero-order chi connectivity index (χ0) is 18.0. The predicted molar refractivity (Wildman–Crippen MR) is 94.0 cm³/mol. The third-order valence-electron chi connectivity index (χ3n) is 4.32. The van der Waals surface area contributed by atoms with Crippen molar-refractivity contribution in [2.24, 2.45) is 5.92 Å². The maximum Gasteiger partial charge on any atom is 0.272 e. The molecule has 134 valence electrons. The number of aryl methyl sites for hydroxylation is 1. The van der Waals surface area contributed by atoms with Crippen LogP contribution in [0.2, 0.25) is 0 Å². The number of aromatic nitrogens is 5. The van der Waals surface area contributed by atoms with Crippen LogP contribution in [0.5, 0.6) is 0 Å². The summed E-state index contributed by atoms with van der Waals surface area (Å²) in [5.41, 5.74) is 6.99. The lowest BCUT2D eigenvalue weighted by molar-refractivity contribution is 0.0698. The molecule has 1 fully saturated rings. The first-order valence-corrected chi connectivity index (χ1v) is 8.74. The molecule has 8 heteroatoms. The summed E-state index contributed by atoms with van der Waals surface area (Å²) in [6, 6.07) is 1.76. The molecule has 25 heavy (non-hydrogen) atoms. The second-order valence-corrected chi connectivity index (χ2v) is 7.07. The molecule has 0 aromatic carbocycles. The summed E-state index contributed by atoms with van der Waals surface area (Å²) in [5, 5.41) is 7.12. The molecule has 2 aromatic rings. The summed E-state index contributed by atoms with van der Waals surface area (Å²) in [7, 11) is 0. The van der Waals surface area contributed by atoms with Crippen molar-refractivity contribution >= 4 is 11.9 Å². The van der Waals surface area contributed by atoms with Crippen LogP contribution in [-0.4, -0.2) is 49.0 Å². The third-order valence-corrected chi connectivity index (χ3v) is 4.32. The molecule has 0 bridgehead atoms. The lowest BCUT2D eigenvalue weighted by Gasteiger charge is -2.31. The van der Waals surface area contributed by atoms with Crippen LogP contribution in [0.4, 0.5) is 5.95 Å². The molecule has 0 aliphatic carbocycles. The summed E-state index contributed by atoms with van der Waals surface area (Å²) >= 11 is 0. The molecule has 1 aliphatic heterocycles. The van der Waals surface area contributed by atoms with E-state index in [1.807, 2.05) is 11.8 Å². The molecule has 3 rings (SSSR count). The normalized spacial score (nSPS) is 17.9. The summed E-state index contributed by atoms with van der Waals surface area (Å²) in [6.45, 7) is 7.39. The number of aromatic amines is 1. The van der Waals surface area contributed by atoms with E-state index in [4.69, 9.17) is 5.73 Å². The van der Waals surface area contributed by atoms with Crippen LogP contribution < -0.4 is 5.73 Å². The number of likely N-dealkylation sites (tertiary alicyclic amines) is 1. The number of H-pyrrole nitrogens is 1. The summed E-state index contributed by atoms with van der Waals surface area (Å²) in [6.07, 6.45) is 2.67. The minimum absolute atomic E-state index is 0.101. The van der Waals surface area contributed by atoms with E-state index in [1.54, 1.807) is 6.07 Å². The highest BCUT2D eigenvalue weighted by Crippen LogP contribution is 2.25. The van der Waals surface area contributed by atoms with E-state index >= 15 is 0 Å². The van der Waals surface area contributed by atoms with E-state index in [-0.39, 0.29) is 17.8 Å². The van der Waals surface area contributed by atoms with Crippen LogP contribution in [0.25, 0.3) is 0 Å². The van der Waals surface area contributed by atoms with Gasteiger partial charge in [-0.05, 0) is 38.2 Å². The molecular formula is C17H25N7O. The van der Waals surface area contributed by atoms with E-state index in [1.165, 1.54) is 0 Å². The highest BCUT2D eigenvalue weighted by Gasteiger charge is 2.28. The maximum absolute atomic E-state index is 12.9. The fourth-order valence-corrected chi connectivity index (χ4v) is 3.23. The standard InChI is InChI=1S/C17H25N7O/c1-10(2)7-13-8-14(21-17(18)20-13)16(25)24-6-4-5-12(9-24)15-19-11(3)22-23-15/h8,10,12H,4-7,9H2,1-3H3,(H2,18,20,21)(H,19,22,23)/t12-/m0/s1. The largest absolute Gasteiger partial charge is 0.368 e. The predicted octanol–water partition coefficient (Wildman–Crippen LogP) is 1.70. The summed E-state index contributed by atoms with van der Waals surface area (Å²) in [5.74, 6) is 2.20. The first-order valence-electron chi connectivity index (χ1n) is 8.74. The van der Waals surface area contributed by atoms with Gasteiger partial charge in [-0.3, -0.25) is 9.89 Å². The van der Waals surface area contributed by atoms with Crippen LogP contribution >= 0.6 is 0 Å². The van der Waals surface area contributed by atoms with Crippen molar-refractivity contribution in [2.75, 3.05) is 18.8 Å². The SMILES string of the molecule is Cc1nc([C@H]2CCCN(C(=O)c3cc(CC(C)C)nc(N)n3)C2)n[nH]1. The van der Waals surface area contributed by atoms with Crippen molar-refractivity contribution in [2.45, 2.75) is 46.0 Å².